The van der Waals surface area contributed by atoms with E-state index in [0.717, 1.165) is 5.19 Å². The summed E-state index contributed by atoms with van der Waals surface area (Å²) >= 11 is 0. The lowest BCUT2D eigenvalue weighted by atomic mass is 10.1. The van der Waals surface area contributed by atoms with Gasteiger partial charge >= 0.3 is 0 Å². The summed E-state index contributed by atoms with van der Waals surface area (Å²) in [5.74, 6) is 0. The number of rotatable bonds is 0. The van der Waals surface area contributed by atoms with Crippen molar-refractivity contribution >= 4 is 37.2 Å². The van der Waals surface area contributed by atoms with E-state index in [-0.39, 0.29) is 0 Å². The zero-order valence-corrected chi connectivity index (χ0v) is 8.54. The highest BCUT2D eigenvalue weighted by Gasteiger charge is 2.03. The molecule has 0 unspecified atom stereocenters. The Kier molecular flexibility index (Phi) is 1.52. The first-order chi connectivity index (χ1) is 6.86. The first-order valence-electron chi connectivity index (χ1n) is 4.57. The molecule has 3 radical (unpaired) electrons. The molecule has 0 fully saturated rings. The summed E-state index contributed by atoms with van der Waals surface area (Å²) in [6.45, 7) is 0. The Labute approximate surface area is 85.2 Å². The highest BCUT2D eigenvalue weighted by atomic mass is 28.1. The van der Waals surface area contributed by atoms with E-state index in [4.69, 9.17) is 0 Å². The molecule has 2 aromatic carbocycles. The zero-order chi connectivity index (χ0) is 9.54. The van der Waals surface area contributed by atoms with Gasteiger partial charge in [0.05, 0.1) is 10.2 Å². The molecule has 3 aromatic rings. The van der Waals surface area contributed by atoms with Crippen molar-refractivity contribution in [1.82, 2.24) is 4.98 Å². The predicted molar refractivity (Wildman–Crippen MR) is 61.2 cm³/mol. The lowest BCUT2D eigenvalue weighted by molar-refractivity contribution is 1.56. The first kappa shape index (κ1) is 7.82. The summed E-state index contributed by atoms with van der Waals surface area (Å²) < 4.78 is 0. The van der Waals surface area contributed by atoms with Crippen molar-refractivity contribution < 1.29 is 0 Å². The van der Waals surface area contributed by atoms with Crippen LogP contribution in [0, 0.1) is 0 Å². The predicted octanol–water partition coefficient (Wildman–Crippen LogP) is 2.11. The molecule has 0 aliphatic heterocycles. The van der Waals surface area contributed by atoms with E-state index < -0.39 is 0 Å². The Morgan fingerprint density at radius 2 is 1.64 bits per heavy atom. The monoisotopic (exact) mass is 194 g/mol. The number of para-hydroxylation sites is 2. The van der Waals surface area contributed by atoms with Gasteiger partial charge in [0.2, 0.25) is 0 Å². The van der Waals surface area contributed by atoms with Gasteiger partial charge in [-0.2, -0.15) is 0 Å². The fraction of sp³-hybridized carbons (Fsp3) is 0. The Balaban J connectivity index is 2.63. The van der Waals surface area contributed by atoms with Crippen LogP contribution in [0.3, 0.4) is 0 Å². The molecule has 0 atom stereocenters. The molecular formula is C12H8NSi. The highest BCUT2D eigenvalue weighted by molar-refractivity contribution is 6.39. The smallest absolute Gasteiger partial charge is 0.0741 e. The average molecular weight is 194 g/mol. The zero-order valence-electron chi connectivity index (χ0n) is 7.54. The fourth-order valence-electron chi connectivity index (χ4n) is 1.87. The Bertz CT molecular complexity index is 610. The van der Waals surface area contributed by atoms with E-state index in [0.29, 0.717) is 0 Å². The minimum Gasteiger partial charge on any atom is -0.355 e. The molecule has 0 spiro atoms. The van der Waals surface area contributed by atoms with Crippen molar-refractivity contribution in [1.29, 1.82) is 0 Å². The number of nitrogens with one attached hydrogen (secondary N) is 1. The molecular weight excluding hydrogens is 186 g/mol. The van der Waals surface area contributed by atoms with Crippen LogP contribution in [0.5, 0.6) is 0 Å². The summed E-state index contributed by atoms with van der Waals surface area (Å²) in [4.78, 5) is 3.40. The van der Waals surface area contributed by atoms with Crippen LogP contribution in [-0.2, 0) is 0 Å². The van der Waals surface area contributed by atoms with E-state index in [1.54, 1.807) is 0 Å². The van der Waals surface area contributed by atoms with Gasteiger partial charge in [-0.25, -0.2) is 0 Å². The van der Waals surface area contributed by atoms with Crippen molar-refractivity contribution in [3.8, 4) is 0 Å². The van der Waals surface area contributed by atoms with Crippen LogP contribution in [-0.4, -0.2) is 15.2 Å². The minimum atomic E-state index is 1.11. The van der Waals surface area contributed by atoms with Crippen molar-refractivity contribution in [3.63, 3.8) is 0 Å². The summed E-state index contributed by atoms with van der Waals surface area (Å²) in [5.41, 5.74) is 2.36. The molecule has 1 aromatic heterocycles. The SMILES string of the molecule is [Si]c1cccc2c1[nH]c1ccccc12. The van der Waals surface area contributed by atoms with Gasteiger partial charge in [-0.15, -0.1) is 0 Å². The molecule has 3 rings (SSSR count). The molecule has 0 bridgehead atoms. The lowest BCUT2D eigenvalue weighted by Gasteiger charge is -1.93. The second kappa shape index (κ2) is 2.72. The topological polar surface area (TPSA) is 15.8 Å². The van der Waals surface area contributed by atoms with Crippen molar-refractivity contribution in [2.45, 2.75) is 0 Å². The number of benzene rings is 2. The number of H-pyrrole nitrogens is 1. The highest BCUT2D eigenvalue weighted by Crippen LogP contribution is 2.22. The van der Waals surface area contributed by atoms with E-state index in [9.17, 15) is 0 Å². The molecule has 0 aliphatic carbocycles. The maximum Gasteiger partial charge on any atom is 0.0741 e. The van der Waals surface area contributed by atoms with Gasteiger partial charge in [-0.3, -0.25) is 0 Å². The molecule has 1 nitrogen and oxygen atoms in total. The second-order valence-electron chi connectivity index (χ2n) is 3.40. The summed E-state index contributed by atoms with van der Waals surface area (Å²) in [6, 6.07) is 14.6. The quantitative estimate of drug-likeness (QED) is 0.528. The summed E-state index contributed by atoms with van der Waals surface area (Å²) in [7, 11) is 3.60. The van der Waals surface area contributed by atoms with Crippen LogP contribution in [0.4, 0.5) is 0 Å². The standard InChI is InChI=1S/C12H8NSi/c14-11-7-3-5-9-8-4-1-2-6-10(8)13-12(9)11/h1-7,13H. The van der Waals surface area contributed by atoms with Crippen LogP contribution in [0.1, 0.15) is 0 Å². The molecule has 0 amide bonds. The molecule has 14 heavy (non-hydrogen) atoms. The van der Waals surface area contributed by atoms with E-state index in [1.165, 1.54) is 21.8 Å². The van der Waals surface area contributed by atoms with Crippen molar-refractivity contribution in [3.05, 3.63) is 42.5 Å². The van der Waals surface area contributed by atoms with E-state index >= 15 is 0 Å². The Hall–Kier alpha value is -1.54. The Morgan fingerprint density at radius 3 is 2.57 bits per heavy atom. The van der Waals surface area contributed by atoms with Crippen LogP contribution in [0.25, 0.3) is 21.8 Å². The van der Waals surface area contributed by atoms with Crippen LogP contribution >= 0.6 is 0 Å². The molecule has 0 saturated carbocycles. The molecule has 1 N–H and O–H groups in total. The van der Waals surface area contributed by atoms with E-state index in [2.05, 4.69) is 51.6 Å². The van der Waals surface area contributed by atoms with Gasteiger partial charge in [0.1, 0.15) is 0 Å². The third kappa shape index (κ3) is 0.945. The number of hydrogen-bond acceptors (Lipinski definition) is 0. The van der Waals surface area contributed by atoms with Crippen LogP contribution < -0.4 is 5.19 Å². The van der Waals surface area contributed by atoms with Gasteiger partial charge in [-0.1, -0.05) is 36.4 Å². The fourth-order valence-corrected chi connectivity index (χ4v) is 2.17. The lowest BCUT2D eigenvalue weighted by Crippen LogP contribution is -2.01. The molecule has 65 valence electrons. The number of aromatic nitrogens is 1. The third-order valence-electron chi connectivity index (χ3n) is 2.54. The summed E-state index contributed by atoms with van der Waals surface area (Å²) in [6.07, 6.45) is 0. The first-order valence-corrected chi connectivity index (χ1v) is 5.07. The Morgan fingerprint density at radius 1 is 0.857 bits per heavy atom. The number of aromatic amines is 1. The normalized spacial score (nSPS) is 11.2. The maximum absolute atomic E-state index is 3.60. The van der Waals surface area contributed by atoms with Gasteiger partial charge < -0.3 is 4.98 Å². The second-order valence-corrected chi connectivity index (χ2v) is 3.94. The minimum absolute atomic E-state index is 1.11. The molecule has 0 aliphatic rings. The van der Waals surface area contributed by atoms with Crippen molar-refractivity contribution in [2.75, 3.05) is 0 Å². The van der Waals surface area contributed by atoms with Crippen LogP contribution in [0.2, 0.25) is 0 Å². The van der Waals surface area contributed by atoms with Gasteiger partial charge in [0.25, 0.3) is 0 Å². The van der Waals surface area contributed by atoms with E-state index in [1.807, 2.05) is 6.07 Å². The number of hydrogen-bond donors (Lipinski definition) is 1. The maximum atomic E-state index is 3.60. The molecule has 1 heterocycles. The van der Waals surface area contributed by atoms with Crippen molar-refractivity contribution in [2.24, 2.45) is 0 Å². The average Bonchev–Trinajstić information content (AvgIpc) is 2.59. The van der Waals surface area contributed by atoms with Gasteiger partial charge in [0.15, 0.2) is 0 Å². The summed E-state index contributed by atoms with van der Waals surface area (Å²) in [5, 5.41) is 3.66. The van der Waals surface area contributed by atoms with Gasteiger partial charge in [-0.05, 0) is 11.3 Å². The third-order valence-corrected chi connectivity index (χ3v) is 2.96. The molecule has 0 saturated heterocycles. The van der Waals surface area contributed by atoms with Crippen LogP contribution in [0.15, 0.2) is 42.5 Å². The molecule has 2 heteroatoms. The number of fused-ring (bicyclic) bond motifs is 3. The van der Waals surface area contributed by atoms with Gasteiger partial charge in [0, 0.05) is 21.8 Å². The largest absolute Gasteiger partial charge is 0.355 e.